The molecule has 1 N–H and O–H groups in total. The summed E-state index contributed by atoms with van der Waals surface area (Å²) in [6, 6.07) is 15.8. The summed E-state index contributed by atoms with van der Waals surface area (Å²) < 4.78 is 6.98. The van der Waals surface area contributed by atoms with Gasteiger partial charge in [0.05, 0.1) is 24.2 Å². The van der Waals surface area contributed by atoms with E-state index in [4.69, 9.17) is 9.72 Å². The third-order valence-corrected chi connectivity index (χ3v) is 5.32. The largest absolute Gasteiger partial charge is 0.497 e. The summed E-state index contributed by atoms with van der Waals surface area (Å²) in [6.45, 7) is 0. The summed E-state index contributed by atoms with van der Waals surface area (Å²) in [6.07, 6.45) is 2.10. The van der Waals surface area contributed by atoms with Crippen LogP contribution in [0.1, 0.15) is 30.3 Å². The van der Waals surface area contributed by atoms with Crippen LogP contribution in [0.3, 0.4) is 0 Å². The second-order valence-corrected chi connectivity index (χ2v) is 6.56. The second-order valence-electron chi connectivity index (χ2n) is 6.56. The zero-order valence-corrected chi connectivity index (χ0v) is 13.3. The highest BCUT2D eigenvalue weighted by molar-refractivity contribution is 5.93. The summed E-state index contributed by atoms with van der Waals surface area (Å²) in [5.74, 6) is 1.67. The quantitative estimate of drug-likeness (QED) is 0.805. The van der Waals surface area contributed by atoms with Crippen LogP contribution in [0.4, 0.5) is 4.79 Å². The van der Waals surface area contributed by atoms with Crippen LogP contribution in [0.5, 0.6) is 5.75 Å². The van der Waals surface area contributed by atoms with Gasteiger partial charge in [0.1, 0.15) is 11.6 Å². The minimum Gasteiger partial charge on any atom is -0.497 e. The maximum Gasteiger partial charge on any atom is 0.328 e. The van der Waals surface area contributed by atoms with Gasteiger partial charge in [-0.15, -0.1) is 0 Å². The van der Waals surface area contributed by atoms with Crippen molar-refractivity contribution >= 4 is 17.1 Å². The van der Waals surface area contributed by atoms with Crippen LogP contribution < -0.4 is 10.1 Å². The molecule has 24 heavy (non-hydrogen) atoms. The molecule has 5 heteroatoms. The Morgan fingerprint density at radius 3 is 2.62 bits per heavy atom. The SMILES string of the molecule is COc1ccc(C2(C3NC(=O)n4c3nc3ccccc34)CC2)cc1. The summed E-state index contributed by atoms with van der Waals surface area (Å²) in [7, 11) is 1.67. The van der Waals surface area contributed by atoms with Crippen molar-refractivity contribution in [2.24, 2.45) is 0 Å². The van der Waals surface area contributed by atoms with Crippen molar-refractivity contribution in [2.45, 2.75) is 24.3 Å². The third-order valence-electron chi connectivity index (χ3n) is 5.32. The van der Waals surface area contributed by atoms with E-state index in [9.17, 15) is 4.79 Å². The molecule has 1 atom stereocenters. The first kappa shape index (κ1) is 13.6. The standard InChI is InChI=1S/C19H17N3O2/c1-24-13-8-6-12(7-9-13)19(10-11-19)16-17-20-14-4-2-3-5-15(14)22(17)18(23)21-16/h2-9,16H,10-11H2,1H3,(H,21,23). The Morgan fingerprint density at radius 1 is 1.17 bits per heavy atom. The fourth-order valence-corrected chi connectivity index (χ4v) is 3.89. The maximum absolute atomic E-state index is 12.5. The molecule has 2 heterocycles. The van der Waals surface area contributed by atoms with Gasteiger partial charge >= 0.3 is 6.03 Å². The molecular formula is C19H17N3O2. The molecule has 2 aromatic carbocycles. The minimum absolute atomic E-state index is 0.0580. The fourth-order valence-electron chi connectivity index (χ4n) is 3.89. The number of nitrogens with one attached hydrogen (secondary N) is 1. The molecule has 1 aliphatic heterocycles. The molecule has 0 spiro atoms. The molecule has 1 unspecified atom stereocenters. The lowest BCUT2D eigenvalue weighted by Crippen LogP contribution is -2.30. The van der Waals surface area contributed by atoms with E-state index in [-0.39, 0.29) is 17.5 Å². The van der Waals surface area contributed by atoms with Gasteiger partial charge in [0.2, 0.25) is 0 Å². The fraction of sp³-hybridized carbons (Fsp3) is 0.263. The van der Waals surface area contributed by atoms with Crippen LogP contribution >= 0.6 is 0 Å². The molecule has 2 aliphatic rings. The molecule has 3 aromatic rings. The Morgan fingerprint density at radius 2 is 1.92 bits per heavy atom. The van der Waals surface area contributed by atoms with Gasteiger partial charge < -0.3 is 10.1 Å². The summed E-state index contributed by atoms with van der Waals surface area (Å²) >= 11 is 0. The highest BCUT2D eigenvalue weighted by atomic mass is 16.5. The highest BCUT2D eigenvalue weighted by Gasteiger charge is 2.56. The molecule has 0 bridgehead atoms. The van der Waals surface area contributed by atoms with E-state index in [1.165, 1.54) is 5.56 Å². The number of imidazole rings is 1. The average Bonchev–Trinajstić information content (AvgIpc) is 3.23. The average molecular weight is 319 g/mol. The van der Waals surface area contributed by atoms with Gasteiger partial charge in [-0.25, -0.2) is 14.3 Å². The maximum atomic E-state index is 12.5. The third kappa shape index (κ3) is 1.69. The van der Waals surface area contributed by atoms with Crippen LogP contribution in [0.25, 0.3) is 11.0 Å². The number of hydrogen-bond donors (Lipinski definition) is 1. The first-order valence-electron chi connectivity index (χ1n) is 8.16. The zero-order valence-electron chi connectivity index (χ0n) is 13.3. The number of rotatable bonds is 3. The Balaban J connectivity index is 1.62. The summed E-state index contributed by atoms with van der Waals surface area (Å²) in [5, 5.41) is 3.15. The molecule has 1 amide bonds. The monoisotopic (exact) mass is 319 g/mol. The molecule has 5 nitrogen and oxygen atoms in total. The predicted molar refractivity (Wildman–Crippen MR) is 90.3 cm³/mol. The van der Waals surface area contributed by atoms with Crippen molar-refractivity contribution in [3.63, 3.8) is 0 Å². The van der Waals surface area contributed by atoms with Crippen LogP contribution in [0, 0.1) is 0 Å². The van der Waals surface area contributed by atoms with Gasteiger partial charge in [0, 0.05) is 5.41 Å². The molecule has 1 saturated carbocycles. The smallest absolute Gasteiger partial charge is 0.328 e. The number of amides is 1. The van der Waals surface area contributed by atoms with Crippen molar-refractivity contribution < 1.29 is 9.53 Å². The van der Waals surface area contributed by atoms with Crippen LogP contribution in [-0.4, -0.2) is 22.7 Å². The zero-order chi connectivity index (χ0) is 16.3. The van der Waals surface area contributed by atoms with Gasteiger partial charge in [-0.05, 0) is 42.7 Å². The van der Waals surface area contributed by atoms with Crippen molar-refractivity contribution in [3.05, 3.63) is 59.9 Å². The Kier molecular flexibility index (Phi) is 2.61. The summed E-state index contributed by atoms with van der Waals surface area (Å²) in [5.41, 5.74) is 2.92. The van der Waals surface area contributed by atoms with Crippen LogP contribution in [0.15, 0.2) is 48.5 Å². The molecule has 120 valence electrons. The number of fused-ring (bicyclic) bond motifs is 3. The topological polar surface area (TPSA) is 56.1 Å². The van der Waals surface area contributed by atoms with Crippen LogP contribution in [0.2, 0.25) is 0 Å². The number of ether oxygens (including phenoxy) is 1. The minimum atomic E-state index is -0.0801. The summed E-state index contributed by atoms with van der Waals surface area (Å²) in [4.78, 5) is 17.3. The van der Waals surface area contributed by atoms with Gasteiger partial charge in [-0.2, -0.15) is 0 Å². The molecule has 0 saturated heterocycles. The first-order chi connectivity index (χ1) is 11.7. The van der Waals surface area contributed by atoms with Crippen molar-refractivity contribution in [1.29, 1.82) is 0 Å². The number of benzene rings is 2. The lowest BCUT2D eigenvalue weighted by molar-refractivity contribution is 0.244. The highest BCUT2D eigenvalue weighted by Crippen LogP contribution is 2.57. The molecule has 1 fully saturated rings. The molecular weight excluding hydrogens is 302 g/mol. The van der Waals surface area contributed by atoms with E-state index in [2.05, 4.69) is 17.4 Å². The van der Waals surface area contributed by atoms with E-state index in [0.717, 1.165) is 35.4 Å². The second kappa shape index (κ2) is 4.60. The number of hydrogen-bond acceptors (Lipinski definition) is 3. The molecule has 0 radical (unpaired) electrons. The lowest BCUT2D eigenvalue weighted by Gasteiger charge is -2.22. The predicted octanol–water partition coefficient (Wildman–Crippen LogP) is 3.39. The van der Waals surface area contributed by atoms with Crippen LogP contribution in [-0.2, 0) is 5.41 Å². The van der Waals surface area contributed by atoms with Gasteiger partial charge in [-0.3, -0.25) is 0 Å². The number of carbonyl (C=O) groups excluding carboxylic acids is 1. The normalized spacial score (nSPS) is 20.7. The first-order valence-corrected chi connectivity index (χ1v) is 8.16. The van der Waals surface area contributed by atoms with E-state index in [1.54, 1.807) is 11.7 Å². The lowest BCUT2D eigenvalue weighted by atomic mass is 9.88. The van der Waals surface area contributed by atoms with Gasteiger partial charge in [-0.1, -0.05) is 24.3 Å². The van der Waals surface area contributed by atoms with E-state index < -0.39 is 0 Å². The number of para-hydroxylation sites is 2. The Hall–Kier alpha value is -2.82. The van der Waals surface area contributed by atoms with E-state index in [1.807, 2.05) is 36.4 Å². The van der Waals surface area contributed by atoms with Crippen molar-refractivity contribution in [1.82, 2.24) is 14.9 Å². The van der Waals surface area contributed by atoms with E-state index in [0.29, 0.717) is 0 Å². The molecule has 5 rings (SSSR count). The Labute approximate surface area is 139 Å². The molecule has 1 aliphatic carbocycles. The molecule has 1 aromatic heterocycles. The van der Waals surface area contributed by atoms with E-state index >= 15 is 0 Å². The number of carbonyl (C=O) groups is 1. The van der Waals surface area contributed by atoms with Gasteiger partial charge in [0.25, 0.3) is 0 Å². The van der Waals surface area contributed by atoms with Crippen molar-refractivity contribution in [2.75, 3.05) is 7.11 Å². The number of methoxy groups -OCH3 is 1. The number of nitrogens with zero attached hydrogens (tertiary/aromatic N) is 2. The van der Waals surface area contributed by atoms with Crippen molar-refractivity contribution in [3.8, 4) is 5.75 Å². The Bertz CT molecular complexity index is 954. The van der Waals surface area contributed by atoms with Gasteiger partial charge in [0.15, 0.2) is 0 Å². The number of aromatic nitrogens is 2.